The summed E-state index contributed by atoms with van der Waals surface area (Å²) in [5.41, 5.74) is 5.61. The Hall–Kier alpha value is -3.70. The number of unbranched alkanes of at least 4 members (excludes halogenated alkanes) is 3. The number of rotatable bonds is 20. The van der Waals surface area contributed by atoms with E-state index in [9.17, 15) is 4.79 Å². The second kappa shape index (κ2) is 24.1. The molecule has 6 rings (SSSR count). The zero-order chi connectivity index (χ0) is 42.0. The van der Waals surface area contributed by atoms with E-state index in [1.807, 2.05) is 23.1 Å². The number of hydrogen-bond donors (Lipinski definition) is 2. The molecule has 3 aromatic carbocycles. The van der Waals surface area contributed by atoms with Crippen molar-refractivity contribution in [3.63, 3.8) is 0 Å². The predicted molar refractivity (Wildman–Crippen MR) is 256 cm³/mol. The van der Waals surface area contributed by atoms with Gasteiger partial charge in [-0.05, 0) is 104 Å². The minimum absolute atomic E-state index is 0.0577. The van der Waals surface area contributed by atoms with Crippen LogP contribution in [0.4, 0.5) is 5.69 Å². The molecule has 8 heteroatoms. The van der Waals surface area contributed by atoms with Crippen LogP contribution < -0.4 is 10.6 Å². The summed E-state index contributed by atoms with van der Waals surface area (Å²) in [5, 5.41) is 12.2. The largest absolute Gasteiger partial charge is 0.428 e. The summed E-state index contributed by atoms with van der Waals surface area (Å²) in [6.07, 6.45) is 26.4. The highest BCUT2D eigenvalue weighted by atomic mass is 31.2. The van der Waals surface area contributed by atoms with Gasteiger partial charge in [-0.1, -0.05) is 145 Å². The second-order valence-electron chi connectivity index (χ2n) is 18.3. The van der Waals surface area contributed by atoms with Gasteiger partial charge in [0.15, 0.2) is 0 Å². The van der Waals surface area contributed by atoms with E-state index in [1.54, 1.807) is 0 Å². The molecule has 1 heterocycles. The van der Waals surface area contributed by atoms with Crippen molar-refractivity contribution in [2.75, 3.05) is 23.8 Å². The Kier molecular flexibility index (Phi) is 18.4. The van der Waals surface area contributed by atoms with Crippen molar-refractivity contribution >= 4 is 30.7 Å². The van der Waals surface area contributed by atoms with Gasteiger partial charge < -0.3 is 25.8 Å². The summed E-state index contributed by atoms with van der Waals surface area (Å²) in [7, 11) is -1.10. The van der Waals surface area contributed by atoms with E-state index < -0.39 is 19.3 Å². The minimum atomic E-state index is -1.10. The maximum atomic E-state index is 15.2. The number of carbonyl (C=O) groups is 2. The average Bonchev–Trinajstić information content (AvgIpc) is 3.29. The van der Waals surface area contributed by atoms with Gasteiger partial charge in [-0.25, -0.2) is 0 Å². The van der Waals surface area contributed by atoms with Gasteiger partial charge >= 0.3 is 0 Å². The number of anilines is 1. The molecule has 3 aromatic rings. The molecular weight excluding hydrogens is 758 g/mol. The number of aryl methyl sites for hydroxylation is 1. The average molecular weight is 834 g/mol. The molecule has 3 aliphatic rings. The molecule has 2 fully saturated rings. The first-order valence-electron chi connectivity index (χ1n) is 24.1. The summed E-state index contributed by atoms with van der Waals surface area (Å²) in [6.45, 7) is 7.36. The molecule has 2 N–H and O–H groups in total. The fourth-order valence-electron chi connectivity index (χ4n) is 9.79. The Balaban J connectivity index is 1.24. The second-order valence-corrected chi connectivity index (χ2v) is 22.6. The summed E-state index contributed by atoms with van der Waals surface area (Å²) in [4.78, 5) is 36.9. The maximum Gasteiger partial charge on any atom is 0.247 e. The number of benzene rings is 3. The van der Waals surface area contributed by atoms with Crippen molar-refractivity contribution in [3.8, 4) is 0 Å². The van der Waals surface area contributed by atoms with Gasteiger partial charge in [0.1, 0.15) is 6.04 Å². The van der Waals surface area contributed by atoms with Crippen LogP contribution in [0.3, 0.4) is 0 Å². The molecule has 0 aromatic heterocycles. The van der Waals surface area contributed by atoms with Gasteiger partial charge in [0.05, 0.1) is 30.7 Å². The van der Waals surface area contributed by atoms with Crippen LogP contribution in [0.15, 0.2) is 83.9 Å². The molecule has 0 saturated heterocycles. The first kappa shape index (κ1) is 45.8. The Morgan fingerprint density at radius 3 is 1.97 bits per heavy atom. The normalized spacial score (nSPS) is 18.4. The third kappa shape index (κ3) is 13.7. The fourth-order valence-corrected chi connectivity index (χ4v) is 14.9. The van der Waals surface area contributed by atoms with Gasteiger partial charge in [-0.2, -0.15) is 0 Å². The number of nitrogens with one attached hydrogen (secondary N) is 2. The van der Waals surface area contributed by atoms with Crippen LogP contribution >= 0.6 is 7.26 Å². The van der Waals surface area contributed by atoms with Crippen LogP contribution in [0.25, 0.3) is 5.32 Å². The first-order chi connectivity index (χ1) is 29.4. The number of hydrogen-bond acceptors (Lipinski definition) is 3. The van der Waals surface area contributed by atoms with Crippen LogP contribution in [-0.4, -0.2) is 65.3 Å². The van der Waals surface area contributed by atoms with E-state index in [2.05, 4.69) is 92.1 Å². The van der Waals surface area contributed by atoms with Gasteiger partial charge in [0.25, 0.3) is 0 Å². The molecule has 2 atom stereocenters. The standard InChI is InChI=1S/C52H76N5O2P/c1-4-7-35-60(36-8-5-2,37-9-6-3)40-42-29-32-47(33-30-42)53-50(58)49-38-43-23-19-20-24-44(43)39-57(49)51(59)48(34-31-41-21-13-10-14-22-41)56-52(54-45-25-15-11-16-26-45)55-46-27-17-12-18-28-46/h10,13-14,19-24,29-30,32-33,45-46,48-49H,4-9,11-12,15-18,25-28,31,34-40H2,1-3H3,(H2-,53,54,55,56,58). The molecule has 0 bridgehead atoms. The van der Waals surface area contributed by atoms with Crippen LogP contribution in [-0.2, 0) is 35.1 Å². The molecule has 2 unspecified atom stereocenters. The van der Waals surface area contributed by atoms with E-state index in [1.165, 1.54) is 113 Å². The van der Waals surface area contributed by atoms with Gasteiger partial charge in [-0.15, -0.1) is 0 Å². The van der Waals surface area contributed by atoms with Gasteiger partial charge in [0.2, 0.25) is 11.8 Å². The van der Waals surface area contributed by atoms with E-state index >= 15 is 4.79 Å². The van der Waals surface area contributed by atoms with Crippen molar-refractivity contribution in [2.45, 2.75) is 180 Å². The summed E-state index contributed by atoms with van der Waals surface area (Å²) < 4.78 is 0. The zero-order valence-electron chi connectivity index (χ0n) is 37.4. The number of fused-ring (bicyclic) bond motifs is 1. The third-order valence-electron chi connectivity index (χ3n) is 13.5. The SMILES string of the molecule is CCCC[P+](CCCC)(CCCC)Cc1ccc(NC(=O)C2Cc3ccccc3CN2C(=O)C(CCc2ccccc2)NC(=NC2CCCCC2)[N-]C2CCCCC2)cc1. The van der Waals surface area contributed by atoms with Crippen molar-refractivity contribution in [1.82, 2.24) is 10.2 Å². The monoisotopic (exact) mass is 834 g/mol. The highest BCUT2D eigenvalue weighted by molar-refractivity contribution is 7.75. The molecular formula is C52H76N5O2P. The quantitative estimate of drug-likeness (QED) is 0.0675. The lowest BCUT2D eigenvalue weighted by Gasteiger charge is -2.40. The van der Waals surface area contributed by atoms with Crippen molar-refractivity contribution < 1.29 is 9.59 Å². The number of carbonyl (C=O) groups excluding carboxylic acids is 2. The van der Waals surface area contributed by atoms with Crippen LogP contribution in [0, 0.1) is 0 Å². The van der Waals surface area contributed by atoms with Gasteiger partial charge in [0, 0.05) is 31.9 Å². The summed E-state index contributed by atoms with van der Waals surface area (Å²) in [6, 6.07) is 26.6. The highest BCUT2D eigenvalue weighted by Crippen LogP contribution is 2.63. The molecule has 0 spiro atoms. The highest BCUT2D eigenvalue weighted by Gasteiger charge is 2.38. The summed E-state index contributed by atoms with van der Waals surface area (Å²) in [5.74, 6) is 0.452. The molecule has 2 amide bonds. The molecule has 60 heavy (non-hydrogen) atoms. The fraction of sp³-hybridized carbons (Fsp3) is 0.596. The van der Waals surface area contributed by atoms with Crippen LogP contribution in [0.1, 0.15) is 152 Å². The molecule has 1 aliphatic heterocycles. The van der Waals surface area contributed by atoms with E-state index in [-0.39, 0.29) is 23.9 Å². The minimum Gasteiger partial charge on any atom is -0.428 e. The smallest absolute Gasteiger partial charge is 0.247 e. The maximum absolute atomic E-state index is 15.2. The van der Waals surface area contributed by atoms with E-state index in [0.29, 0.717) is 25.3 Å². The van der Waals surface area contributed by atoms with E-state index in [4.69, 9.17) is 10.3 Å². The zero-order valence-corrected chi connectivity index (χ0v) is 38.3. The Morgan fingerprint density at radius 1 is 0.733 bits per heavy atom. The Labute approximate surface area is 364 Å². The summed E-state index contributed by atoms with van der Waals surface area (Å²) >= 11 is 0. The predicted octanol–water partition coefficient (Wildman–Crippen LogP) is 12.5. The lowest BCUT2D eigenvalue weighted by Crippen LogP contribution is -2.57. The number of aliphatic imine (C=N–C) groups is 1. The number of nitrogens with zero attached hydrogens (tertiary/aromatic N) is 3. The molecule has 7 nitrogen and oxygen atoms in total. The van der Waals surface area contributed by atoms with Crippen molar-refractivity contribution in [2.24, 2.45) is 4.99 Å². The topological polar surface area (TPSA) is 87.9 Å². The van der Waals surface area contributed by atoms with Crippen LogP contribution in [0.2, 0.25) is 0 Å². The van der Waals surface area contributed by atoms with Crippen LogP contribution in [0.5, 0.6) is 0 Å². The third-order valence-corrected chi connectivity index (χ3v) is 18.3. The Bertz CT molecular complexity index is 1750. The molecule has 2 saturated carbocycles. The number of guanidine groups is 1. The van der Waals surface area contributed by atoms with Crippen molar-refractivity contribution in [3.05, 3.63) is 106 Å². The van der Waals surface area contributed by atoms with E-state index in [0.717, 1.165) is 48.9 Å². The molecule has 326 valence electrons. The lowest BCUT2D eigenvalue weighted by molar-refractivity contribution is -0.141. The van der Waals surface area contributed by atoms with Crippen molar-refractivity contribution in [1.29, 1.82) is 0 Å². The lowest BCUT2D eigenvalue weighted by atomic mass is 9.92. The Morgan fingerprint density at radius 2 is 1.33 bits per heavy atom. The molecule has 2 aliphatic carbocycles. The first-order valence-corrected chi connectivity index (χ1v) is 26.6. The van der Waals surface area contributed by atoms with Gasteiger partial charge in [-0.3, -0.25) is 9.59 Å². The molecule has 0 radical (unpaired) electrons. The number of amides is 2.